The maximum atomic E-state index is 11.1. The highest BCUT2D eigenvalue weighted by atomic mass is 35.5. The summed E-state index contributed by atoms with van der Waals surface area (Å²) in [4.78, 5) is 11.1. The van der Waals surface area contributed by atoms with E-state index < -0.39 is 6.10 Å². The van der Waals surface area contributed by atoms with E-state index in [1.54, 1.807) is 0 Å². The van der Waals surface area contributed by atoms with Gasteiger partial charge >= 0.3 is 5.97 Å². The molecule has 1 aromatic carbocycles. The molecule has 4 atom stereocenters. The molecular formula is C20H27ClO4. The molecule has 4 unspecified atom stereocenters. The summed E-state index contributed by atoms with van der Waals surface area (Å²) in [7, 11) is 1.40. The zero-order chi connectivity index (χ0) is 18.2. The molecule has 0 amide bonds. The maximum absolute atomic E-state index is 11.1. The SMILES string of the molecule is COC(=O)CCC/C=C/CC1C(Cl)CC(O)C1c1ccc(CO)cc1. The van der Waals surface area contributed by atoms with E-state index in [1.165, 1.54) is 7.11 Å². The minimum atomic E-state index is -0.444. The summed E-state index contributed by atoms with van der Waals surface area (Å²) in [6, 6.07) is 7.73. The van der Waals surface area contributed by atoms with Crippen LogP contribution in [0.4, 0.5) is 0 Å². The number of unbranched alkanes of at least 4 members (excludes halogenated alkanes) is 1. The van der Waals surface area contributed by atoms with Crippen LogP contribution in [-0.2, 0) is 16.1 Å². The van der Waals surface area contributed by atoms with Crippen molar-refractivity contribution in [3.8, 4) is 0 Å². The smallest absolute Gasteiger partial charge is 0.305 e. The van der Waals surface area contributed by atoms with Crippen molar-refractivity contribution in [2.75, 3.05) is 7.11 Å². The highest BCUT2D eigenvalue weighted by Gasteiger charge is 2.41. The Kier molecular flexibility index (Phi) is 7.94. The van der Waals surface area contributed by atoms with Crippen molar-refractivity contribution in [2.45, 2.75) is 56.1 Å². The molecule has 2 N–H and O–H groups in total. The van der Waals surface area contributed by atoms with Crippen LogP contribution in [0.2, 0.25) is 0 Å². The lowest BCUT2D eigenvalue weighted by molar-refractivity contribution is -0.140. The molecule has 2 rings (SSSR count). The number of hydrogen-bond donors (Lipinski definition) is 2. The number of ether oxygens (including phenoxy) is 1. The Morgan fingerprint density at radius 1 is 1.32 bits per heavy atom. The van der Waals surface area contributed by atoms with Gasteiger partial charge in [0.25, 0.3) is 0 Å². The van der Waals surface area contributed by atoms with Crippen molar-refractivity contribution in [1.29, 1.82) is 0 Å². The Labute approximate surface area is 154 Å². The fraction of sp³-hybridized carbons (Fsp3) is 0.550. The van der Waals surface area contributed by atoms with Crippen molar-refractivity contribution in [1.82, 2.24) is 0 Å². The molecule has 0 heterocycles. The summed E-state index contributed by atoms with van der Waals surface area (Å²) in [6.45, 7) is 0.0172. The van der Waals surface area contributed by atoms with Crippen LogP contribution in [-0.4, -0.2) is 34.8 Å². The number of allylic oxidation sites excluding steroid dienone is 2. The van der Waals surface area contributed by atoms with E-state index in [0.717, 1.165) is 30.4 Å². The number of carbonyl (C=O) groups is 1. The number of benzene rings is 1. The molecule has 25 heavy (non-hydrogen) atoms. The number of alkyl halides is 1. The number of hydrogen-bond acceptors (Lipinski definition) is 4. The Bertz CT molecular complexity index is 570. The lowest BCUT2D eigenvalue weighted by Crippen LogP contribution is -2.18. The molecule has 1 aliphatic carbocycles. The summed E-state index contributed by atoms with van der Waals surface area (Å²) in [5.41, 5.74) is 1.93. The zero-order valence-electron chi connectivity index (χ0n) is 14.6. The second-order valence-corrected chi connectivity index (χ2v) is 7.14. The predicted molar refractivity (Wildman–Crippen MR) is 98.5 cm³/mol. The van der Waals surface area contributed by atoms with Crippen LogP contribution in [0.3, 0.4) is 0 Å². The molecule has 0 radical (unpaired) electrons. The number of methoxy groups -OCH3 is 1. The first-order valence-electron chi connectivity index (χ1n) is 8.80. The van der Waals surface area contributed by atoms with E-state index in [1.807, 2.05) is 24.3 Å². The normalized spacial score (nSPS) is 26.2. The van der Waals surface area contributed by atoms with Crippen molar-refractivity contribution < 1.29 is 19.7 Å². The second-order valence-electron chi connectivity index (χ2n) is 6.58. The molecule has 1 fully saturated rings. The van der Waals surface area contributed by atoms with Gasteiger partial charge in [0.2, 0.25) is 0 Å². The first-order chi connectivity index (χ1) is 12.1. The molecule has 138 valence electrons. The molecule has 1 aromatic rings. The topological polar surface area (TPSA) is 66.8 Å². The Morgan fingerprint density at radius 3 is 2.68 bits per heavy atom. The van der Waals surface area contributed by atoms with E-state index in [-0.39, 0.29) is 29.8 Å². The third-order valence-corrected chi connectivity index (χ3v) is 5.41. The van der Waals surface area contributed by atoms with E-state index in [0.29, 0.717) is 12.8 Å². The molecule has 0 aliphatic heterocycles. The molecule has 5 heteroatoms. The van der Waals surface area contributed by atoms with Gasteiger partial charge in [-0.1, -0.05) is 36.4 Å². The minimum Gasteiger partial charge on any atom is -0.469 e. The Morgan fingerprint density at radius 2 is 2.04 bits per heavy atom. The summed E-state index contributed by atoms with van der Waals surface area (Å²) < 4.78 is 4.62. The third-order valence-electron chi connectivity index (χ3n) is 4.91. The quantitative estimate of drug-likeness (QED) is 0.319. The summed E-state index contributed by atoms with van der Waals surface area (Å²) in [6.07, 6.45) is 7.15. The molecule has 1 aliphatic rings. The van der Waals surface area contributed by atoms with Gasteiger partial charge in [-0.3, -0.25) is 4.79 Å². The lowest BCUT2D eigenvalue weighted by atomic mass is 9.85. The fourth-order valence-corrected chi connectivity index (χ4v) is 3.95. The van der Waals surface area contributed by atoms with E-state index in [9.17, 15) is 9.90 Å². The molecular weight excluding hydrogens is 340 g/mol. The van der Waals surface area contributed by atoms with E-state index >= 15 is 0 Å². The van der Waals surface area contributed by atoms with Gasteiger partial charge in [-0.05, 0) is 42.7 Å². The van der Waals surface area contributed by atoms with Crippen LogP contribution < -0.4 is 0 Å². The summed E-state index contributed by atoms with van der Waals surface area (Å²) in [5.74, 6) is 0.00277. The van der Waals surface area contributed by atoms with Crippen LogP contribution in [0.5, 0.6) is 0 Å². The number of halogens is 1. The van der Waals surface area contributed by atoms with Gasteiger partial charge in [0.15, 0.2) is 0 Å². The highest BCUT2D eigenvalue weighted by molar-refractivity contribution is 6.21. The molecule has 1 saturated carbocycles. The van der Waals surface area contributed by atoms with Gasteiger partial charge < -0.3 is 14.9 Å². The summed E-state index contributed by atoms with van der Waals surface area (Å²) in [5, 5.41) is 19.5. The molecule has 0 saturated heterocycles. The van der Waals surface area contributed by atoms with Crippen LogP contribution in [0, 0.1) is 5.92 Å². The van der Waals surface area contributed by atoms with Crippen LogP contribution in [0.1, 0.15) is 49.1 Å². The van der Waals surface area contributed by atoms with Crippen LogP contribution >= 0.6 is 11.6 Å². The first kappa shape index (κ1) is 20.0. The number of carbonyl (C=O) groups excluding carboxylic acids is 1. The van der Waals surface area contributed by atoms with Crippen LogP contribution in [0.15, 0.2) is 36.4 Å². The monoisotopic (exact) mass is 366 g/mol. The Balaban J connectivity index is 1.93. The van der Waals surface area contributed by atoms with Crippen LogP contribution in [0.25, 0.3) is 0 Å². The number of rotatable bonds is 8. The van der Waals surface area contributed by atoms with Crippen molar-refractivity contribution in [3.05, 3.63) is 47.5 Å². The fourth-order valence-electron chi connectivity index (χ4n) is 3.51. The molecule has 0 aromatic heterocycles. The third kappa shape index (κ3) is 5.56. The summed E-state index contributed by atoms with van der Waals surface area (Å²) >= 11 is 6.48. The molecule has 4 nitrogen and oxygen atoms in total. The zero-order valence-corrected chi connectivity index (χ0v) is 15.4. The van der Waals surface area contributed by atoms with Gasteiger partial charge in [0.1, 0.15) is 0 Å². The average molecular weight is 367 g/mol. The lowest BCUT2D eigenvalue weighted by Gasteiger charge is -2.23. The standard InChI is InChI=1S/C20H27ClO4/c1-25-19(24)7-5-3-2-4-6-16-17(21)12-18(23)20(16)15-10-8-14(13-22)9-11-15/h2,4,8-11,16-18,20,22-23H,3,5-7,12-13H2,1H3/b4-2+. The van der Waals surface area contributed by atoms with Gasteiger partial charge in [-0.25, -0.2) is 0 Å². The minimum absolute atomic E-state index is 0.00922. The number of aliphatic hydroxyl groups excluding tert-OH is 2. The van der Waals surface area contributed by atoms with E-state index in [2.05, 4.69) is 16.9 Å². The van der Waals surface area contributed by atoms with Gasteiger partial charge in [-0.15, -0.1) is 11.6 Å². The van der Waals surface area contributed by atoms with E-state index in [4.69, 9.17) is 16.7 Å². The molecule has 0 spiro atoms. The van der Waals surface area contributed by atoms with Gasteiger partial charge in [-0.2, -0.15) is 0 Å². The predicted octanol–water partition coefficient (Wildman–Crippen LogP) is 3.54. The van der Waals surface area contributed by atoms with Crippen molar-refractivity contribution >= 4 is 17.6 Å². The average Bonchev–Trinajstić information content (AvgIpc) is 2.91. The Hall–Kier alpha value is -1.36. The second kappa shape index (κ2) is 9.95. The molecule has 0 bridgehead atoms. The van der Waals surface area contributed by atoms with Crippen molar-refractivity contribution in [2.24, 2.45) is 5.92 Å². The highest BCUT2D eigenvalue weighted by Crippen LogP contribution is 2.44. The largest absolute Gasteiger partial charge is 0.469 e. The first-order valence-corrected chi connectivity index (χ1v) is 9.24. The van der Waals surface area contributed by atoms with Crippen molar-refractivity contribution in [3.63, 3.8) is 0 Å². The van der Waals surface area contributed by atoms with Gasteiger partial charge in [0, 0.05) is 17.7 Å². The maximum Gasteiger partial charge on any atom is 0.305 e. The number of aliphatic hydroxyl groups is 2. The number of esters is 1. The van der Waals surface area contributed by atoms with Gasteiger partial charge in [0.05, 0.1) is 19.8 Å².